The van der Waals surface area contributed by atoms with Gasteiger partial charge in [-0.2, -0.15) is 4.99 Å². The number of amidine groups is 1. The number of halogens is 1. The number of carbonyl (C=O) groups is 2. The van der Waals surface area contributed by atoms with Crippen LogP contribution in [0.15, 0.2) is 34.7 Å². The average Bonchev–Trinajstić information content (AvgIpc) is 2.85. The molecule has 0 atom stereocenters. The van der Waals surface area contributed by atoms with Crippen molar-refractivity contribution in [1.82, 2.24) is 5.32 Å². The Balaban J connectivity index is 2.29. The molecule has 0 spiro atoms. The molecule has 0 unspecified atom stereocenters. The number of hydrogen-bond acceptors (Lipinski definition) is 5. The Morgan fingerprint density at radius 2 is 2.20 bits per heavy atom. The molecular formula is C17H17ClN2O4S. The highest BCUT2D eigenvalue weighted by atomic mass is 35.5. The quantitative estimate of drug-likeness (QED) is 0.604. The van der Waals surface area contributed by atoms with Crippen LogP contribution in [0.25, 0.3) is 6.08 Å². The van der Waals surface area contributed by atoms with Gasteiger partial charge in [0.05, 0.1) is 16.5 Å². The molecule has 0 saturated carbocycles. The predicted molar refractivity (Wildman–Crippen MR) is 100 cm³/mol. The van der Waals surface area contributed by atoms with E-state index >= 15 is 0 Å². The summed E-state index contributed by atoms with van der Waals surface area (Å²) in [5, 5.41) is 3.11. The molecule has 1 aliphatic heterocycles. The van der Waals surface area contributed by atoms with Crippen molar-refractivity contribution in [2.75, 3.05) is 13.2 Å². The number of aliphatic imine (C=N–C) groups is 1. The molecule has 25 heavy (non-hydrogen) atoms. The van der Waals surface area contributed by atoms with Crippen molar-refractivity contribution in [1.29, 1.82) is 0 Å². The van der Waals surface area contributed by atoms with Gasteiger partial charge in [0.25, 0.3) is 5.91 Å². The van der Waals surface area contributed by atoms with Crippen LogP contribution in [-0.2, 0) is 9.59 Å². The number of benzene rings is 1. The summed E-state index contributed by atoms with van der Waals surface area (Å²) < 4.78 is 11.1. The van der Waals surface area contributed by atoms with E-state index in [1.807, 2.05) is 6.92 Å². The van der Waals surface area contributed by atoms with Gasteiger partial charge < -0.3 is 14.8 Å². The fraction of sp³-hybridized carbons (Fsp3) is 0.235. The van der Waals surface area contributed by atoms with Gasteiger partial charge >= 0.3 is 0 Å². The molecule has 0 aromatic heterocycles. The molecule has 8 heteroatoms. The first kappa shape index (κ1) is 19.1. The van der Waals surface area contributed by atoms with Crippen molar-refractivity contribution in [3.63, 3.8) is 0 Å². The average molecular weight is 381 g/mol. The first-order chi connectivity index (χ1) is 11.9. The SMILES string of the molecule is C=CCOc1c(Cl)cc(/C=C2\SC(NC(C)=O)=NC2=O)cc1OCC. The molecule has 1 aromatic rings. The van der Waals surface area contributed by atoms with Gasteiger partial charge in [-0.25, -0.2) is 0 Å². The Bertz CT molecular complexity index is 774. The van der Waals surface area contributed by atoms with Crippen LogP contribution in [0.1, 0.15) is 19.4 Å². The second-order valence-electron chi connectivity index (χ2n) is 4.88. The monoisotopic (exact) mass is 380 g/mol. The van der Waals surface area contributed by atoms with E-state index in [0.29, 0.717) is 40.2 Å². The van der Waals surface area contributed by atoms with Crippen molar-refractivity contribution in [2.45, 2.75) is 13.8 Å². The number of hydrogen-bond donors (Lipinski definition) is 1. The van der Waals surface area contributed by atoms with Gasteiger partial charge in [-0.1, -0.05) is 24.3 Å². The van der Waals surface area contributed by atoms with Gasteiger partial charge in [0.2, 0.25) is 5.91 Å². The molecule has 1 aromatic carbocycles. The first-order valence-corrected chi connectivity index (χ1v) is 8.64. The zero-order valence-electron chi connectivity index (χ0n) is 13.8. The van der Waals surface area contributed by atoms with E-state index < -0.39 is 5.91 Å². The highest BCUT2D eigenvalue weighted by molar-refractivity contribution is 8.18. The van der Waals surface area contributed by atoms with Gasteiger partial charge in [-0.3, -0.25) is 9.59 Å². The lowest BCUT2D eigenvalue weighted by molar-refractivity contribution is -0.117. The number of thioether (sulfide) groups is 1. The summed E-state index contributed by atoms with van der Waals surface area (Å²) >= 11 is 7.37. The van der Waals surface area contributed by atoms with Crippen LogP contribution in [0.5, 0.6) is 11.5 Å². The number of ether oxygens (including phenoxy) is 2. The molecule has 0 saturated heterocycles. The van der Waals surface area contributed by atoms with E-state index in [1.165, 1.54) is 6.92 Å². The maximum absolute atomic E-state index is 11.9. The topological polar surface area (TPSA) is 77.0 Å². The van der Waals surface area contributed by atoms with Crippen molar-refractivity contribution in [3.05, 3.63) is 40.3 Å². The van der Waals surface area contributed by atoms with Gasteiger partial charge in [-0.15, -0.1) is 0 Å². The zero-order chi connectivity index (χ0) is 18.4. The lowest BCUT2D eigenvalue weighted by atomic mass is 10.2. The zero-order valence-corrected chi connectivity index (χ0v) is 15.4. The van der Waals surface area contributed by atoms with Crippen LogP contribution in [0, 0.1) is 0 Å². The summed E-state index contributed by atoms with van der Waals surface area (Å²) in [5.74, 6) is 0.189. The van der Waals surface area contributed by atoms with Gasteiger partial charge in [0.1, 0.15) is 6.61 Å². The Hall–Kier alpha value is -2.25. The molecule has 1 aliphatic rings. The van der Waals surface area contributed by atoms with Crippen molar-refractivity contribution in [3.8, 4) is 11.5 Å². The maximum Gasteiger partial charge on any atom is 0.286 e. The van der Waals surface area contributed by atoms with Crippen molar-refractivity contribution >= 4 is 46.4 Å². The number of amides is 2. The molecule has 132 valence electrons. The van der Waals surface area contributed by atoms with E-state index in [1.54, 1.807) is 24.3 Å². The molecule has 0 bridgehead atoms. The Labute approximate surface area is 154 Å². The lowest BCUT2D eigenvalue weighted by Crippen LogP contribution is -2.23. The fourth-order valence-electron chi connectivity index (χ4n) is 1.98. The summed E-state index contributed by atoms with van der Waals surface area (Å²) in [6, 6.07) is 3.39. The Morgan fingerprint density at radius 1 is 1.44 bits per heavy atom. The fourth-order valence-corrected chi connectivity index (χ4v) is 3.11. The van der Waals surface area contributed by atoms with Crippen molar-refractivity contribution in [2.24, 2.45) is 4.99 Å². The summed E-state index contributed by atoms with van der Waals surface area (Å²) in [6.45, 7) is 7.53. The van der Waals surface area contributed by atoms with E-state index in [4.69, 9.17) is 21.1 Å². The molecule has 0 aliphatic carbocycles. The van der Waals surface area contributed by atoms with Crippen LogP contribution in [0.4, 0.5) is 0 Å². The standard InChI is InChI=1S/C17H17ClN2O4S/c1-4-6-24-15-12(18)7-11(8-13(15)23-5-2)9-14-16(22)20-17(25-14)19-10(3)21/h4,7-9H,1,5-6H2,2-3H3,(H,19,20,21,22)/b14-9-. The van der Waals surface area contributed by atoms with E-state index in [-0.39, 0.29) is 11.1 Å². The van der Waals surface area contributed by atoms with Crippen molar-refractivity contribution < 1.29 is 19.1 Å². The molecule has 2 amide bonds. The molecule has 6 nitrogen and oxygen atoms in total. The molecule has 0 radical (unpaired) electrons. The van der Waals surface area contributed by atoms with E-state index in [0.717, 1.165) is 11.8 Å². The van der Waals surface area contributed by atoms with Crippen LogP contribution >= 0.6 is 23.4 Å². The largest absolute Gasteiger partial charge is 0.490 e. The lowest BCUT2D eigenvalue weighted by Gasteiger charge is -2.13. The minimum Gasteiger partial charge on any atom is -0.490 e. The van der Waals surface area contributed by atoms with Crippen LogP contribution in [0.3, 0.4) is 0 Å². The summed E-state index contributed by atoms with van der Waals surface area (Å²) in [4.78, 5) is 27.2. The van der Waals surface area contributed by atoms with Gasteiger partial charge in [0, 0.05) is 6.92 Å². The summed E-state index contributed by atoms with van der Waals surface area (Å²) in [6.07, 6.45) is 3.24. The van der Waals surface area contributed by atoms with Crippen LogP contribution in [0.2, 0.25) is 5.02 Å². The Morgan fingerprint density at radius 3 is 2.84 bits per heavy atom. The first-order valence-electron chi connectivity index (χ1n) is 7.44. The summed E-state index contributed by atoms with van der Waals surface area (Å²) in [5.41, 5.74) is 0.662. The highest BCUT2D eigenvalue weighted by Gasteiger charge is 2.23. The van der Waals surface area contributed by atoms with Crippen LogP contribution < -0.4 is 14.8 Å². The van der Waals surface area contributed by atoms with E-state index in [2.05, 4.69) is 16.9 Å². The third kappa shape index (κ3) is 5.11. The molecule has 0 fully saturated rings. The Kier molecular flexibility index (Phi) is 6.66. The van der Waals surface area contributed by atoms with Gasteiger partial charge in [0.15, 0.2) is 16.7 Å². The molecular weight excluding hydrogens is 364 g/mol. The molecule has 1 heterocycles. The maximum atomic E-state index is 11.9. The third-order valence-electron chi connectivity index (χ3n) is 2.88. The third-order valence-corrected chi connectivity index (χ3v) is 4.06. The second-order valence-corrected chi connectivity index (χ2v) is 6.31. The smallest absolute Gasteiger partial charge is 0.286 e. The summed E-state index contributed by atoms with van der Waals surface area (Å²) in [7, 11) is 0. The predicted octanol–water partition coefficient (Wildman–Crippen LogP) is 3.41. The number of nitrogens with zero attached hydrogens (tertiary/aromatic N) is 1. The van der Waals surface area contributed by atoms with E-state index in [9.17, 15) is 9.59 Å². The minimum atomic E-state index is -0.421. The molecule has 2 rings (SSSR count). The number of carbonyl (C=O) groups excluding carboxylic acids is 2. The normalized spacial score (nSPS) is 15.1. The van der Waals surface area contributed by atoms with Gasteiger partial charge in [-0.05, 0) is 42.5 Å². The minimum absolute atomic E-state index is 0.255. The number of nitrogens with one attached hydrogen (secondary N) is 1. The van der Waals surface area contributed by atoms with Crippen LogP contribution in [-0.4, -0.2) is 30.2 Å². The number of rotatable bonds is 6. The molecule has 1 N–H and O–H groups in total. The second kappa shape index (κ2) is 8.73. The highest BCUT2D eigenvalue weighted by Crippen LogP contribution is 2.38.